The van der Waals surface area contributed by atoms with Crippen LogP contribution in [0.25, 0.3) is 11.5 Å². The Morgan fingerprint density at radius 1 is 1.19 bits per heavy atom. The zero-order valence-electron chi connectivity index (χ0n) is 19.9. The lowest BCUT2D eigenvalue weighted by molar-refractivity contribution is 0.217. The van der Waals surface area contributed by atoms with Gasteiger partial charge in [-0.25, -0.2) is 0 Å². The average molecular weight is 427 g/mol. The van der Waals surface area contributed by atoms with E-state index in [-0.39, 0.29) is 0 Å². The summed E-state index contributed by atoms with van der Waals surface area (Å²) >= 11 is 0. The minimum atomic E-state index is 0.453. The SMILES string of the molecule is COc1ccc(-c2nnc(C[C@@H]3C[C@@H](C(C)C)[C@H](CNCCN(C)C)C=C3C)o2)cc1. The summed E-state index contributed by atoms with van der Waals surface area (Å²) in [6, 6.07) is 7.72. The van der Waals surface area contributed by atoms with Crippen molar-refractivity contribution >= 4 is 0 Å². The van der Waals surface area contributed by atoms with Crippen molar-refractivity contribution in [1.29, 1.82) is 0 Å². The predicted molar refractivity (Wildman–Crippen MR) is 125 cm³/mol. The van der Waals surface area contributed by atoms with E-state index in [0.29, 0.717) is 35.5 Å². The molecular formula is C25H38N4O2. The maximum Gasteiger partial charge on any atom is 0.247 e. The van der Waals surface area contributed by atoms with Crippen molar-refractivity contribution in [2.24, 2.45) is 23.7 Å². The van der Waals surface area contributed by atoms with Gasteiger partial charge in [0.25, 0.3) is 0 Å². The molecule has 170 valence electrons. The molecular weight excluding hydrogens is 388 g/mol. The molecule has 6 nitrogen and oxygen atoms in total. The van der Waals surface area contributed by atoms with Gasteiger partial charge in [-0.15, -0.1) is 10.2 Å². The number of rotatable bonds is 10. The highest BCUT2D eigenvalue weighted by atomic mass is 16.5. The summed E-state index contributed by atoms with van der Waals surface area (Å²) in [5.41, 5.74) is 2.36. The van der Waals surface area contributed by atoms with E-state index in [1.54, 1.807) is 7.11 Å². The molecule has 0 radical (unpaired) electrons. The fraction of sp³-hybridized carbons (Fsp3) is 0.600. The number of hydrogen-bond donors (Lipinski definition) is 1. The Kier molecular flexibility index (Phi) is 8.27. The highest BCUT2D eigenvalue weighted by Crippen LogP contribution is 2.38. The third-order valence-electron chi connectivity index (χ3n) is 6.42. The van der Waals surface area contributed by atoms with Gasteiger partial charge in [0.15, 0.2) is 0 Å². The van der Waals surface area contributed by atoms with Gasteiger partial charge in [-0.3, -0.25) is 0 Å². The fourth-order valence-corrected chi connectivity index (χ4v) is 4.48. The van der Waals surface area contributed by atoms with E-state index in [9.17, 15) is 0 Å². The van der Waals surface area contributed by atoms with Crippen LogP contribution in [0.4, 0.5) is 0 Å². The maximum absolute atomic E-state index is 6.01. The van der Waals surface area contributed by atoms with E-state index < -0.39 is 0 Å². The third-order valence-corrected chi connectivity index (χ3v) is 6.42. The fourth-order valence-electron chi connectivity index (χ4n) is 4.48. The first-order valence-corrected chi connectivity index (χ1v) is 11.4. The Labute approximate surface area is 187 Å². The van der Waals surface area contributed by atoms with Gasteiger partial charge in [0.2, 0.25) is 11.8 Å². The molecule has 0 unspecified atom stereocenters. The molecule has 0 spiro atoms. The molecule has 0 fully saturated rings. The number of nitrogens with zero attached hydrogens (tertiary/aromatic N) is 3. The van der Waals surface area contributed by atoms with Crippen LogP contribution in [0.2, 0.25) is 0 Å². The number of nitrogens with one attached hydrogen (secondary N) is 1. The van der Waals surface area contributed by atoms with Crippen LogP contribution in [0.5, 0.6) is 5.75 Å². The molecule has 6 heteroatoms. The average Bonchev–Trinajstić information content (AvgIpc) is 3.21. The van der Waals surface area contributed by atoms with Crippen molar-refractivity contribution in [3.05, 3.63) is 41.8 Å². The second kappa shape index (κ2) is 10.9. The standard InChI is InChI=1S/C25H38N4O2/c1-17(2)23-14-20(18(3)13-21(23)16-26-11-12-29(4)5)15-24-27-28-25(31-24)19-7-9-22(30-6)10-8-19/h7-10,13,17,20-21,23,26H,11-12,14-16H2,1-6H3/t20-,21-,23-/m0/s1. The monoisotopic (exact) mass is 426 g/mol. The normalized spacial score (nSPS) is 21.5. The molecule has 1 aromatic heterocycles. The van der Waals surface area contributed by atoms with Gasteiger partial charge < -0.3 is 19.4 Å². The number of ether oxygens (including phenoxy) is 1. The molecule has 0 saturated carbocycles. The number of allylic oxidation sites excluding steroid dienone is 1. The summed E-state index contributed by atoms with van der Waals surface area (Å²) < 4.78 is 11.2. The number of benzene rings is 1. The zero-order chi connectivity index (χ0) is 22.4. The van der Waals surface area contributed by atoms with Gasteiger partial charge in [-0.1, -0.05) is 25.5 Å². The van der Waals surface area contributed by atoms with Crippen molar-refractivity contribution in [2.45, 2.75) is 33.6 Å². The lowest BCUT2D eigenvalue weighted by Crippen LogP contribution is -2.37. The van der Waals surface area contributed by atoms with Crippen molar-refractivity contribution in [2.75, 3.05) is 40.8 Å². The van der Waals surface area contributed by atoms with Gasteiger partial charge in [0, 0.05) is 31.6 Å². The van der Waals surface area contributed by atoms with Gasteiger partial charge in [0.1, 0.15) is 5.75 Å². The second-order valence-corrected chi connectivity index (χ2v) is 9.36. The third kappa shape index (κ3) is 6.40. The Bertz CT molecular complexity index is 841. The number of hydrogen-bond acceptors (Lipinski definition) is 6. The molecule has 0 bridgehead atoms. The summed E-state index contributed by atoms with van der Waals surface area (Å²) in [5, 5.41) is 12.3. The molecule has 0 aliphatic heterocycles. The number of methoxy groups -OCH3 is 1. The molecule has 1 aliphatic carbocycles. The first-order valence-electron chi connectivity index (χ1n) is 11.4. The molecule has 2 aromatic rings. The molecule has 1 N–H and O–H groups in total. The Morgan fingerprint density at radius 3 is 2.58 bits per heavy atom. The van der Waals surface area contributed by atoms with E-state index in [0.717, 1.165) is 37.4 Å². The summed E-state index contributed by atoms with van der Waals surface area (Å²) in [4.78, 5) is 2.22. The van der Waals surface area contributed by atoms with E-state index >= 15 is 0 Å². The Morgan fingerprint density at radius 2 is 1.94 bits per heavy atom. The molecule has 1 heterocycles. The molecule has 31 heavy (non-hydrogen) atoms. The molecule has 3 atom stereocenters. The van der Waals surface area contributed by atoms with Crippen molar-refractivity contribution in [3.63, 3.8) is 0 Å². The molecule has 0 saturated heterocycles. The van der Waals surface area contributed by atoms with Gasteiger partial charge in [-0.05, 0) is 75.4 Å². The highest BCUT2D eigenvalue weighted by molar-refractivity contribution is 5.53. The zero-order valence-corrected chi connectivity index (χ0v) is 19.9. The smallest absolute Gasteiger partial charge is 0.247 e. The van der Waals surface area contributed by atoms with Gasteiger partial charge in [0.05, 0.1) is 7.11 Å². The molecule has 1 aliphatic rings. The van der Waals surface area contributed by atoms with Crippen LogP contribution in [-0.4, -0.2) is 55.9 Å². The Hall–Kier alpha value is -2.18. The number of likely N-dealkylation sites (N-methyl/N-ethyl adjacent to an activating group) is 1. The van der Waals surface area contributed by atoms with Crippen molar-refractivity contribution < 1.29 is 9.15 Å². The first kappa shape index (κ1) is 23.5. The van der Waals surface area contributed by atoms with E-state index in [1.165, 1.54) is 12.0 Å². The summed E-state index contributed by atoms with van der Waals surface area (Å²) in [6.07, 6.45) is 4.46. The van der Waals surface area contributed by atoms with Crippen LogP contribution < -0.4 is 10.1 Å². The summed E-state index contributed by atoms with van der Waals surface area (Å²) in [5.74, 6) is 4.43. The van der Waals surface area contributed by atoms with Gasteiger partial charge in [-0.2, -0.15) is 0 Å². The van der Waals surface area contributed by atoms with Crippen molar-refractivity contribution in [3.8, 4) is 17.2 Å². The maximum atomic E-state index is 6.01. The summed E-state index contributed by atoms with van der Waals surface area (Å²) in [7, 11) is 5.89. The van der Waals surface area contributed by atoms with E-state index in [1.807, 2.05) is 24.3 Å². The second-order valence-electron chi connectivity index (χ2n) is 9.36. The van der Waals surface area contributed by atoms with E-state index in [4.69, 9.17) is 9.15 Å². The number of aromatic nitrogens is 2. The topological polar surface area (TPSA) is 63.4 Å². The first-order chi connectivity index (χ1) is 14.9. The highest BCUT2D eigenvalue weighted by Gasteiger charge is 2.32. The summed E-state index contributed by atoms with van der Waals surface area (Å²) in [6.45, 7) is 10.1. The lowest BCUT2D eigenvalue weighted by Gasteiger charge is -2.37. The van der Waals surface area contributed by atoms with Gasteiger partial charge >= 0.3 is 0 Å². The van der Waals surface area contributed by atoms with Crippen LogP contribution >= 0.6 is 0 Å². The van der Waals surface area contributed by atoms with Crippen LogP contribution in [0.15, 0.2) is 40.3 Å². The largest absolute Gasteiger partial charge is 0.497 e. The molecule has 0 amide bonds. The van der Waals surface area contributed by atoms with E-state index in [2.05, 4.69) is 61.4 Å². The predicted octanol–water partition coefficient (Wildman–Crippen LogP) is 4.29. The van der Waals surface area contributed by atoms with Crippen LogP contribution in [0.3, 0.4) is 0 Å². The van der Waals surface area contributed by atoms with Crippen LogP contribution in [0, 0.1) is 23.7 Å². The lowest BCUT2D eigenvalue weighted by atomic mass is 9.70. The van der Waals surface area contributed by atoms with Crippen LogP contribution in [0.1, 0.15) is 33.1 Å². The van der Waals surface area contributed by atoms with Crippen LogP contribution in [-0.2, 0) is 6.42 Å². The Balaban J connectivity index is 1.64. The minimum absolute atomic E-state index is 0.453. The molecule has 3 rings (SSSR count). The quantitative estimate of drug-likeness (QED) is 0.452. The molecule has 1 aromatic carbocycles. The minimum Gasteiger partial charge on any atom is -0.497 e. The van der Waals surface area contributed by atoms with Crippen molar-refractivity contribution in [1.82, 2.24) is 20.4 Å².